The number of pyridine rings is 1. The van der Waals surface area contributed by atoms with Crippen molar-refractivity contribution in [1.29, 1.82) is 0 Å². The number of hydrogen-bond acceptors (Lipinski definition) is 6. The van der Waals surface area contributed by atoms with E-state index in [2.05, 4.69) is 4.98 Å². The van der Waals surface area contributed by atoms with Gasteiger partial charge in [0.1, 0.15) is 12.4 Å². The molecule has 1 aliphatic heterocycles. The molecule has 0 spiro atoms. The minimum Gasteiger partial charge on any atom is -0.487 e. The molecule has 0 fully saturated rings. The molecule has 4 rings (SSSR count). The Morgan fingerprint density at radius 2 is 1.50 bits per heavy atom. The highest BCUT2D eigenvalue weighted by atomic mass is 16.7. The fourth-order valence-electron chi connectivity index (χ4n) is 2.71. The monoisotopic (exact) mass is 374 g/mol. The SMILES string of the molecule is O=C(ON1C(=O)c2ccccc2C1=O)c1ccc(OCc2ccccn2)cc1. The second-order valence-corrected chi connectivity index (χ2v) is 5.96. The quantitative estimate of drug-likeness (QED) is 0.638. The summed E-state index contributed by atoms with van der Waals surface area (Å²) in [6.07, 6.45) is 1.68. The van der Waals surface area contributed by atoms with Crippen LogP contribution in [0, 0.1) is 0 Å². The van der Waals surface area contributed by atoms with E-state index in [0.29, 0.717) is 17.4 Å². The summed E-state index contributed by atoms with van der Waals surface area (Å²) in [7, 11) is 0. The smallest absolute Gasteiger partial charge is 0.363 e. The molecule has 0 aliphatic carbocycles. The van der Waals surface area contributed by atoms with E-state index in [4.69, 9.17) is 9.57 Å². The van der Waals surface area contributed by atoms with Gasteiger partial charge in [-0.15, -0.1) is 0 Å². The van der Waals surface area contributed by atoms with E-state index in [0.717, 1.165) is 5.69 Å². The third-order valence-electron chi connectivity index (χ3n) is 4.13. The van der Waals surface area contributed by atoms with Crippen molar-refractivity contribution >= 4 is 17.8 Å². The van der Waals surface area contributed by atoms with Crippen LogP contribution in [0.3, 0.4) is 0 Å². The summed E-state index contributed by atoms with van der Waals surface area (Å²) in [5.74, 6) is -1.60. The topological polar surface area (TPSA) is 85.8 Å². The highest BCUT2D eigenvalue weighted by molar-refractivity contribution is 6.21. The third kappa shape index (κ3) is 3.33. The largest absolute Gasteiger partial charge is 0.487 e. The lowest BCUT2D eigenvalue weighted by molar-refractivity contribution is -0.0584. The molecule has 0 unspecified atom stereocenters. The summed E-state index contributed by atoms with van der Waals surface area (Å²) in [6, 6.07) is 18.0. The molecular weight excluding hydrogens is 360 g/mol. The van der Waals surface area contributed by atoms with E-state index < -0.39 is 17.8 Å². The molecule has 3 aromatic rings. The molecule has 0 bridgehead atoms. The lowest BCUT2D eigenvalue weighted by Gasteiger charge is -2.13. The first-order valence-corrected chi connectivity index (χ1v) is 8.46. The Morgan fingerprint density at radius 3 is 2.11 bits per heavy atom. The Labute approximate surface area is 160 Å². The molecule has 2 heterocycles. The number of hydrogen-bond donors (Lipinski definition) is 0. The average molecular weight is 374 g/mol. The van der Waals surface area contributed by atoms with Crippen LogP contribution in [0.4, 0.5) is 0 Å². The van der Waals surface area contributed by atoms with Crippen LogP contribution >= 0.6 is 0 Å². The Balaban J connectivity index is 1.40. The van der Waals surface area contributed by atoms with Crippen molar-refractivity contribution in [2.75, 3.05) is 0 Å². The van der Waals surface area contributed by atoms with Crippen LogP contribution in [-0.2, 0) is 11.4 Å². The van der Waals surface area contributed by atoms with Gasteiger partial charge in [-0.2, -0.15) is 0 Å². The summed E-state index contributed by atoms with van der Waals surface area (Å²) < 4.78 is 5.60. The number of hydroxylamine groups is 2. The fraction of sp³-hybridized carbons (Fsp3) is 0.0476. The van der Waals surface area contributed by atoms with Crippen molar-refractivity contribution in [3.8, 4) is 5.75 Å². The van der Waals surface area contributed by atoms with Gasteiger partial charge in [0.05, 0.1) is 22.4 Å². The summed E-state index contributed by atoms with van der Waals surface area (Å²) in [4.78, 5) is 46.0. The minimum atomic E-state index is -0.814. The molecule has 2 aromatic carbocycles. The zero-order chi connectivity index (χ0) is 19.5. The maximum Gasteiger partial charge on any atom is 0.363 e. The maximum absolute atomic E-state index is 12.3. The Kier molecular flexibility index (Phi) is 4.55. The summed E-state index contributed by atoms with van der Waals surface area (Å²) in [5, 5.41) is 0.485. The lowest BCUT2D eigenvalue weighted by Crippen LogP contribution is -2.32. The fourth-order valence-corrected chi connectivity index (χ4v) is 2.71. The van der Waals surface area contributed by atoms with Crippen molar-refractivity contribution in [3.63, 3.8) is 0 Å². The third-order valence-corrected chi connectivity index (χ3v) is 4.13. The number of imide groups is 1. The first-order chi connectivity index (χ1) is 13.6. The maximum atomic E-state index is 12.3. The zero-order valence-electron chi connectivity index (χ0n) is 14.6. The normalized spacial score (nSPS) is 12.6. The molecule has 7 heteroatoms. The zero-order valence-corrected chi connectivity index (χ0v) is 14.6. The van der Waals surface area contributed by atoms with E-state index in [1.807, 2.05) is 18.2 Å². The highest BCUT2D eigenvalue weighted by Gasteiger charge is 2.38. The summed E-state index contributed by atoms with van der Waals surface area (Å²) in [6.45, 7) is 0.291. The second kappa shape index (κ2) is 7.32. The van der Waals surface area contributed by atoms with Gasteiger partial charge in [-0.3, -0.25) is 14.6 Å². The second-order valence-electron chi connectivity index (χ2n) is 5.96. The van der Waals surface area contributed by atoms with Crippen molar-refractivity contribution in [1.82, 2.24) is 10.0 Å². The van der Waals surface area contributed by atoms with Gasteiger partial charge in [0.2, 0.25) is 0 Å². The van der Waals surface area contributed by atoms with Crippen LogP contribution in [-0.4, -0.2) is 27.8 Å². The van der Waals surface area contributed by atoms with Crippen LogP contribution in [0.15, 0.2) is 72.9 Å². The number of carbonyl (C=O) groups excluding carboxylic acids is 3. The van der Waals surface area contributed by atoms with Gasteiger partial charge in [-0.25, -0.2) is 4.79 Å². The summed E-state index contributed by atoms with van der Waals surface area (Å²) in [5.41, 5.74) is 1.37. The van der Waals surface area contributed by atoms with Crippen LogP contribution in [0.5, 0.6) is 5.75 Å². The number of fused-ring (bicyclic) bond motifs is 1. The molecule has 7 nitrogen and oxygen atoms in total. The van der Waals surface area contributed by atoms with Crippen molar-refractivity contribution in [2.24, 2.45) is 0 Å². The molecule has 0 N–H and O–H groups in total. The van der Waals surface area contributed by atoms with E-state index in [9.17, 15) is 14.4 Å². The van der Waals surface area contributed by atoms with Crippen molar-refractivity contribution in [3.05, 3.63) is 95.3 Å². The van der Waals surface area contributed by atoms with Crippen LogP contribution in [0.1, 0.15) is 36.8 Å². The van der Waals surface area contributed by atoms with Crippen molar-refractivity contribution in [2.45, 2.75) is 6.61 Å². The van der Waals surface area contributed by atoms with Gasteiger partial charge in [0.25, 0.3) is 11.8 Å². The van der Waals surface area contributed by atoms with Crippen LogP contribution < -0.4 is 4.74 Å². The van der Waals surface area contributed by atoms with Crippen LogP contribution in [0.2, 0.25) is 0 Å². The Morgan fingerprint density at radius 1 is 0.857 bits per heavy atom. The van der Waals surface area contributed by atoms with Gasteiger partial charge >= 0.3 is 5.97 Å². The standard InChI is InChI=1S/C21H14N2O5/c24-19-17-6-1-2-7-18(17)20(25)23(19)28-21(26)14-8-10-16(11-9-14)27-13-15-5-3-4-12-22-15/h1-12H,13H2. The number of aromatic nitrogens is 1. The molecule has 28 heavy (non-hydrogen) atoms. The van der Waals surface area contributed by atoms with Gasteiger partial charge in [0.15, 0.2) is 0 Å². The minimum absolute atomic E-state index is 0.182. The number of nitrogens with zero attached hydrogens (tertiary/aromatic N) is 2. The first kappa shape index (κ1) is 17.4. The summed E-state index contributed by atoms with van der Waals surface area (Å²) >= 11 is 0. The molecule has 1 aliphatic rings. The molecule has 2 amide bonds. The molecule has 0 radical (unpaired) electrons. The number of ether oxygens (including phenoxy) is 1. The molecule has 1 aromatic heterocycles. The number of rotatable bonds is 5. The van der Waals surface area contributed by atoms with Gasteiger partial charge in [-0.1, -0.05) is 23.3 Å². The molecule has 0 atom stereocenters. The van der Waals surface area contributed by atoms with E-state index in [1.54, 1.807) is 30.5 Å². The number of amides is 2. The Hall–Kier alpha value is -4.00. The number of benzene rings is 2. The highest BCUT2D eigenvalue weighted by Crippen LogP contribution is 2.23. The first-order valence-electron chi connectivity index (χ1n) is 8.46. The molecule has 0 saturated heterocycles. The predicted molar refractivity (Wildman–Crippen MR) is 97.4 cm³/mol. The van der Waals surface area contributed by atoms with Crippen molar-refractivity contribution < 1.29 is 24.0 Å². The van der Waals surface area contributed by atoms with Crippen LogP contribution in [0.25, 0.3) is 0 Å². The molecule has 0 saturated carbocycles. The van der Waals surface area contributed by atoms with Gasteiger partial charge in [0, 0.05) is 6.20 Å². The van der Waals surface area contributed by atoms with Gasteiger partial charge in [-0.05, 0) is 48.5 Å². The van der Waals surface area contributed by atoms with E-state index in [1.165, 1.54) is 24.3 Å². The lowest BCUT2D eigenvalue weighted by atomic mass is 10.1. The molecular formula is C21H14N2O5. The predicted octanol–water partition coefficient (Wildman–Crippen LogP) is 3.03. The van der Waals surface area contributed by atoms with E-state index in [-0.39, 0.29) is 16.7 Å². The van der Waals surface area contributed by atoms with E-state index >= 15 is 0 Å². The average Bonchev–Trinajstić information content (AvgIpc) is 2.98. The number of carbonyl (C=O) groups is 3. The Bertz CT molecular complexity index is 1010. The van der Waals surface area contributed by atoms with Gasteiger partial charge < -0.3 is 9.57 Å². The molecule has 138 valence electrons.